The smallest absolute Gasteiger partial charge is 0.338 e. The van der Waals surface area contributed by atoms with E-state index in [1.807, 2.05) is 50.2 Å². The van der Waals surface area contributed by atoms with Crippen LogP contribution in [0.25, 0.3) is 0 Å². The molecule has 0 aliphatic carbocycles. The van der Waals surface area contributed by atoms with Crippen LogP contribution >= 0.6 is 0 Å². The minimum Gasteiger partial charge on any atom is -0.496 e. The summed E-state index contributed by atoms with van der Waals surface area (Å²) in [7, 11) is 3.26. The van der Waals surface area contributed by atoms with Crippen LogP contribution in [0.3, 0.4) is 0 Å². The lowest BCUT2D eigenvalue weighted by molar-refractivity contribution is -0.133. The minimum atomic E-state index is -0.489. The molecule has 2 aromatic carbocycles. The summed E-state index contributed by atoms with van der Waals surface area (Å²) in [5.74, 6) is -0.0463. The van der Waals surface area contributed by atoms with Crippen molar-refractivity contribution in [2.24, 2.45) is 0 Å². The Balaban J connectivity index is 1.94. The normalized spacial score (nSPS) is 10.2. The molecule has 1 amide bonds. The summed E-state index contributed by atoms with van der Waals surface area (Å²) in [6, 6.07) is 13.0. The van der Waals surface area contributed by atoms with Gasteiger partial charge in [-0.05, 0) is 31.5 Å². The maximum absolute atomic E-state index is 12.2. The van der Waals surface area contributed by atoms with Crippen LogP contribution in [0.5, 0.6) is 5.75 Å². The highest BCUT2D eigenvalue weighted by atomic mass is 16.5. The lowest BCUT2D eigenvalue weighted by Crippen LogP contribution is -2.31. The minimum absolute atomic E-state index is 0.274. The fraction of sp³-hybridized carbons (Fsp3) is 0.300. The summed E-state index contributed by atoms with van der Waals surface area (Å²) < 4.78 is 10.4. The molecule has 0 heterocycles. The molecule has 0 saturated heterocycles. The second-order valence-corrected chi connectivity index (χ2v) is 5.96. The summed E-state index contributed by atoms with van der Waals surface area (Å²) in [6.45, 7) is 3.89. The van der Waals surface area contributed by atoms with Gasteiger partial charge in [-0.2, -0.15) is 0 Å². The van der Waals surface area contributed by atoms with Crippen LogP contribution in [0.4, 0.5) is 0 Å². The van der Waals surface area contributed by atoms with Gasteiger partial charge in [0.15, 0.2) is 6.61 Å². The fourth-order valence-corrected chi connectivity index (χ4v) is 2.54. The van der Waals surface area contributed by atoms with Crippen LogP contribution in [0.2, 0.25) is 0 Å². The number of nitrogens with zero attached hydrogens (tertiary/aromatic N) is 1. The van der Waals surface area contributed by atoms with Crippen molar-refractivity contribution in [1.29, 1.82) is 0 Å². The highest BCUT2D eigenvalue weighted by molar-refractivity contribution is 5.92. The average molecular weight is 341 g/mol. The number of ether oxygens (including phenoxy) is 2. The maximum Gasteiger partial charge on any atom is 0.338 e. The van der Waals surface area contributed by atoms with Gasteiger partial charge in [-0.25, -0.2) is 4.79 Å². The van der Waals surface area contributed by atoms with Crippen LogP contribution in [0.15, 0.2) is 42.5 Å². The number of carbonyl (C=O) groups excluding carboxylic acids is 2. The fourth-order valence-electron chi connectivity index (χ4n) is 2.54. The number of para-hydroxylation sites is 1. The number of aryl methyl sites for hydroxylation is 2. The number of methoxy groups -OCH3 is 1. The Morgan fingerprint density at radius 2 is 1.80 bits per heavy atom. The van der Waals surface area contributed by atoms with Crippen molar-refractivity contribution in [2.45, 2.75) is 20.4 Å². The maximum atomic E-state index is 12.2. The number of rotatable bonds is 6. The van der Waals surface area contributed by atoms with Gasteiger partial charge in [0.2, 0.25) is 0 Å². The summed E-state index contributed by atoms with van der Waals surface area (Å²) in [6.07, 6.45) is 0. The number of hydrogen-bond donors (Lipinski definition) is 0. The van der Waals surface area contributed by atoms with E-state index in [1.165, 1.54) is 4.90 Å². The van der Waals surface area contributed by atoms with Crippen LogP contribution in [-0.4, -0.2) is 37.5 Å². The highest BCUT2D eigenvalue weighted by Gasteiger charge is 2.16. The van der Waals surface area contributed by atoms with Crippen LogP contribution in [0.1, 0.15) is 27.0 Å². The Kier molecular flexibility index (Phi) is 6.17. The number of benzene rings is 2. The zero-order chi connectivity index (χ0) is 18.4. The van der Waals surface area contributed by atoms with E-state index in [2.05, 4.69) is 0 Å². The van der Waals surface area contributed by atoms with E-state index in [0.29, 0.717) is 12.1 Å². The van der Waals surface area contributed by atoms with E-state index in [9.17, 15) is 9.59 Å². The van der Waals surface area contributed by atoms with Gasteiger partial charge in [0.05, 0.1) is 12.7 Å². The average Bonchev–Trinajstić information content (AvgIpc) is 2.59. The molecule has 0 saturated carbocycles. The van der Waals surface area contributed by atoms with Crippen LogP contribution in [0, 0.1) is 13.8 Å². The van der Waals surface area contributed by atoms with Crippen LogP contribution < -0.4 is 4.74 Å². The zero-order valence-corrected chi connectivity index (χ0v) is 15.0. The highest BCUT2D eigenvalue weighted by Crippen LogP contribution is 2.19. The van der Waals surface area contributed by atoms with Gasteiger partial charge in [0, 0.05) is 19.2 Å². The molecule has 2 rings (SSSR count). The molecule has 0 fully saturated rings. The Hall–Kier alpha value is -2.82. The van der Waals surface area contributed by atoms with Gasteiger partial charge in [0.25, 0.3) is 5.91 Å². The predicted octanol–water partition coefficient (Wildman–Crippen LogP) is 3.13. The summed E-state index contributed by atoms with van der Waals surface area (Å²) >= 11 is 0. The first kappa shape index (κ1) is 18.5. The van der Waals surface area contributed by atoms with Crippen LogP contribution in [-0.2, 0) is 16.1 Å². The number of carbonyl (C=O) groups is 2. The third kappa shape index (κ3) is 4.83. The zero-order valence-electron chi connectivity index (χ0n) is 15.0. The van der Waals surface area contributed by atoms with Crippen molar-refractivity contribution in [3.8, 4) is 5.75 Å². The Morgan fingerprint density at radius 1 is 1.08 bits per heavy atom. The standard InChI is InChI=1S/C20H23NO4/c1-14-9-10-17(15(2)11-14)20(23)25-13-19(22)21(3)12-16-7-5-6-8-18(16)24-4/h5-11H,12-13H2,1-4H3. The van der Waals surface area contributed by atoms with Crippen molar-refractivity contribution < 1.29 is 19.1 Å². The van der Waals surface area contributed by atoms with Gasteiger partial charge < -0.3 is 14.4 Å². The Morgan fingerprint density at radius 3 is 2.48 bits per heavy atom. The molecule has 132 valence electrons. The molecule has 0 bridgehead atoms. The van der Waals surface area contributed by atoms with Gasteiger partial charge in [-0.3, -0.25) is 4.79 Å². The van der Waals surface area contributed by atoms with Crippen molar-refractivity contribution in [3.63, 3.8) is 0 Å². The number of hydrogen-bond acceptors (Lipinski definition) is 4. The Labute approximate surface area is 148 Å². The molecular formula is C20H23NO4. The molecule has 25 heavy (non-hydrogen) atoms. The molecule has 0 radical (unpaired) electrons. The van der Waals surface area contributed by atoms with E-state index in [0.717, 1.165) is 22.4 Å². The molecule has 0 unspecified atom stereocenters. The molecule has 0 aromatic heterocycles. The first-order valence-electron chi connectivity index (χ1n) is 8.02. The summed E-state index contributed by atoms with van der Waals surface area (Å²) in [5, 5.41) is 0. The second-order valence-electron chi connectivity index (χ2n) is 5.96. The Bertz CT molecular complexity index is 770. The van der Waals surface area contributed by atoms with E-state index >= 15 is 0 Å². The first-order valence-corrected chi connectivity index (χ1v) is 8.02. The van der Waals surface area contributed by atoms with E-state index < -0.39 is 5.97 Å². The molecule has 0 spiro atoms. The largest absolute Gasteiger partial charge is 0.496 e. The molecule has 0 aliphatic heterocycles. The predicted molar refractivity (Wildman–Crippen MR) is 95.7 cm³/mol. The van der Waals surface area contributed by atoms with Gasteiger partial charge in [0.1, 0.15) is 5.75 Å². The first-order chi connectivity index (χ1) is 11.9. The van der Waals surface area contributed by atoms with E-state index in [1.54, 1.807) is 20.2 Å². The second kappa shape index (κ2) is 8.33. The molecule has 5 heteroatoms. The van der Waals surface area contributed by atoms with Crippen molar-refractivity contribution in [2.75, 3.05) is 20.8 Å². The van der Waals surface area contributed by atoms with E-state index in [-0.39, 0.29) is 12.5 Å². The third-order valence-electron chi connectivity index (χ3n) is 3.95. The van der Waals surface area contributed by atoms with Crippen molar-refractivity contribution in [3.05, 3.63) is 64.7 Å². The number of likely N-dealkylation sites (N-methyl/N-ethyl adjacent to an activating group) is 1. The third-order valence-corrected chi connectivity index (χ3v) is 3.95. The monoisotopic (exact) mass is 341 g/mol. The van der Waals surface area contributed by atoms with E-state index in [4.69, 9.17) is 9.47 Å². The lowest BCUT2D eigenvalue weighted by Gasteiger charge is -2.19. The van der Waals surface area contributed by atoms with Crippen molar-refractivity contribution in [1.82, 2.24) is 4.90 Å². The number of esters is 1. The molecule has 0 aliphatic rings. The topological polar surface area (TPSA) is 55.8 Å². The molecule has 2 aromatic rings. The van der Waals surface area contributed by atoms with Gasteiger partial charge >= 0.3 is 5.97 Å². The SMILES string of the molecule is COc1ccccc1CN(C)C(=O)COC(=O)c1ccc(C)cc1C. The van der Waals surface area contributed by atoms with Crippen molar-refractivity contribution >= 4 is 11.9 Å². The molecule has 0 atom stereocenters. The van der Waals surface area contributed by atoms with Gasteiger partial charge in [-0.1, -0.05) is 35.9 Å². The summed E-state index contributed by atoms with van der Waals surface area (Å²) in [4.78, 5) is 25.9. The molecule has 0 N–H and O–H groups in total. The lowest BCUT2D eigenvalue weighted by atomic mass is 10.1. The van der Waals surface area contributed by atoms with Gasteiger partial charge in [-0.15, -0.1) is 0 Å². The quantitative estimate of drug-likeness (QED) is 0.758. The number of amides is 1. The molecular weight excluding hydrogens is 318 g/mol. The summed E-state index contributed by atoms with van der Waals surface area (Å²) in [5.41, 5.74) is 3.27. The molecule has 5 nitrogen and oxygen atoms in total.